The Balaban J connectivity index is 0.671. The van der Waals surface area contributed by atoms with Gasteiger partial charge >= 0.3 is 6.01 Å². The lowest BCUT2D eigenvalue weighted by Gasteiger charge is -2.37. The van der Waals surface area contributed by atoms with E-state index in [2.05, 4.69) is 86.2 Å². The number of likely N-dealkylation sites (N-methyl/N-ethyl adjacent to an activating group) is 1. The van der Waals surface area contributed by atoms with Crippen LogP contribution in [-0.2, 0) is 41.5 Å². The molecule has 364 valence electrons. The third kappa shape index (κ3) is 11.1. The molecule has 4 aromatic rings. The molecule has 1 aromatic heterocycles. The number of nitrogens with one attached hydrogen (secondary N) is 3. The maximum absolute atomic E-state index is 13.3. The molecule has 6 heterocycles. The molecule has 0 aliphatic carbocycles. The number of carbonyl (C=O) groups is 4. The lowest BCUT2D eigenvalue weighted by atomic mass is 10.0. The van der Waals surface area contributed by atoms with Gasteiger partial charge in [-0.2, -0.15) is 15.2 Å². The molecule has 0 saturated carbocycles. The van der Waals surface area contributed by atoms with Gasteiger partial charge in [-0.1, -0.05) is 42.5 Å². The highest BCUT2D eigenvalue weighted by Gasteiger charge is 2.45. The van der Waals surface area contributed by atoms with Crippen molar-refractivity contribution in [3.63, 3.8) is 0 Å². The highest BCUT2D eigenvalue weighted by molar-refractivity contribution is 6.25. The van der Waals surface area contributed by atoms with E-state index in [1.165, 1.54) is 16.5 Å². The van der Waals surface area contributed by atoms with Crippen LogP contribution < -0.4 is 30.5 Å². The number of aromatic nitrogens is 2. The minimum atomic E-state index is -1.02. The summed E-state index contributed by atoms with van der Waals surface area (Å²) < 4.78 is 29.8. The Hall–Kier alpha value is -6.27. The van der Waals surface area contributed by atoms with Crippen LogP contribution in [0.15, 0.2) is 60.7 Å². The average Bonchev–Trinajstić information content (AvgIpc) is 3.85. The van der Waals surface area contributed by atoms with E-state index in [1.807, 2.05) is 0 Å². The largest absolute Gasteiger partial charge is 0.462 e. The minimum absolute atomic E-state index is 0.0422. The number of fused-ring (bicyclic) bond motifs is 3. The molecule has 4 amide bonds. The number of rotatable bonds is 21. The van der Waals surface area contributed by atoms with Gasteiger partial charge in [-0.15, -0.1) is 0 Å². The summed E-state index contributed by atoms with van der Waals surface area (Å²) >= 11 is 0. The van der Waals surface area contributed by atoms with Gasteiger partial charge in [0, 0.05) is 80.1 Å². The number of ether oxygens (including phenoxy) is 5. The van der Waals surface area contributed by atoms with Crippen LogP contribution in [0, 0.1) is 11.3 Å². The predicted molar refractivity (Wildman–Crippen MR) is 255 cm³/mol. The van der Waals surface area contributed by atoms with Crippen LogP contribution in [-0.4, -0.2) is 167 Å². The fourth-order valence-electron chi connectivity index (χ4n) is 9.92. The lowest BCUT2D eigenvalue weighted by Crippen LogP contribution is -2.54. The molecule has 0 radical (unpaired) electrons. The molecule has 0 spiro atoms. The molecule has 19 heteroatoms. The first-order chi connectivity index (χ1) is 33.7. The van der Waals surface area contributed by atoms with Crippen LogP contribution in [0.3, 0.4) is 0 Å². The van der Waals surface area contributed by atoms with Crippen LogP contribution in [0.5, 0.6) is 6.01 Å². The number of nitriles is 1. The number of carbonyl (C=O) groups excluding carboxylic acids is 4. The normalized spacial score (nSPS) is 21.7. The highest BCUT2D eigenvalue weighted by Crippen LogP contribution is 2.35. The molecule has 5 aliphatic rings. The number of anilines is 3. The van der Waals surface area contributed by atoms with E-state index in [-0.39, 0.29) is 42.2 Å². The van der Waals surface area contributed by atoms with Crippen molar-refractivity contribution in [1.29, 1.82) is 5.26 Å². The van der Waals surface area contributed by atoms with Gasteiger partial charge in [0.15, 0.2) is 0 Å². The number of imide groups is 2. The molecule has 4 atom stereocenters. The first kappa shape index (κ1) is 47.8. The molecule has 0 bridgehead atoms. The van der Waals surface area contributed by atoms with E-state index in [4.69, 9.17) is 33.7 Å². The second-order valence-electron chi connectivity index (χ2n) is 18.0. The number of likely N-dealkylation sites (tertiary alicyclic amines) is 1. The van der Waals surface area contributed by atoms with E-state index in [0.29, 0.717) is 90.6 Å². The molecule has 3 aromatic carbocycles. The third-order valence-corrected chi connectivity index (χ3v) is 13.4. The number of hydrogen-bond donors (Lipinski definition) is 3. The Kier molecular flexibility index (Phi) is 15.5. The van der Waals surface area contributed by atoms with Crippen molar-refractivity contribution in [2.24, 2.45) is 0 Å². The number of piperazine rings is 1. The van der Waals surface area contributed by atoms with Crippen molar-refractivity contribution in [3.8, 4) is 12.1 Å². The van der Waals surface area contributed by atoms with Crippen molar-refractivity contribution in [1.82, 2.24) is 30.4 Å². The second kappa shape index (κ2) is 22.4. The Bertz CT molecular complexity index is 2550. The monoisotopic (exact) mass is 944 g/mol. The molecule has 5 aliphatic heterocycles. The summed E-state index contributed by atoms with van der Waals surface area (Å²) in [6.07, 6.45) is 2.26. The number of amides is 4. The van der Waals surface area contributed by atoms with E-state index in [0.717, 1.165) is 61.0 Å². The smallest absolute Gasteiger partial charge is 0.318 e. The van der Waals surface area contributed by atoms with Crippen LogP contribution in [0.1, 0.15) is 57.7 Å². The van der Waals surface area contributed by atoms with E-state index < -0.39 is 29.7 Å². The zero-order valence-corrected chi connectivity index (χ0v) is 39.0. The van der Waals surface area contributed by atoms with Gasteiger partial charge in [-0.25, -0.2) is 0 Å². The molecule has 3 N–H and O–H groups in total. The zero-order chi connectivity index (χ0) is 47.7. The van der Waals surface area contributed by atoms with Crippen molar-refractivity contribution < 1.29 is 42.9 Å². The Morgan fingerprint density at radius 1 is 0.841 bits per heavy atom. The number of hydrogen-bond acceptors (Lipinski definition) is 17. The summed E-state index contributed by atoms with van der Waals surface area (Å²) in [5.41, 5.74) is 4.23. The summed E-state index contributed by atoms with van der Waals surface area (Å²) in [5.74, 6) is -1.26. The summed E-state index contributed by atoms with van der Waals surface area (Å²) in [5, 5.41) is 20.7. The standard InChI is InChI=1S/C50H60N10O9/c1-57-30-36(68-27-26-67-25-24-66-23-22-65-21-18-53-40-10-5-9-39-45(40)49(64)60(48(39)63)43-12-13-44(61)55-47(43)62)28-35(57)32-69-50-54-41-31-58(42-11-4-7-33-6-2-3-8-37(33)42)19-15-38(41)46(56-50)59-20-17-52-34(29-59)14-16-51/h2-11,34-36,43,52-53H,12-15,17-32H2,1H3,(H,55,61,62)/t34-,35-,36+,43?/m0/s1. The fourth-order valence-corrected chi connectivity index (χ4v) is 9.92. The van der Waals surface area contributed by atoms with Crippen LogP contribution in [0.4, 0.5) is 17.2 Å². The minimum Gasteiger partial charge on any atom is -0.462 e. The molecule has 69 heavy (non-hydrogen) atoms. The molecule has 9 rings (SSSR count). The van der Waals surface area contributed by atoms with Crippen LogP contribution in [0.2, 0.25) is 0 Å². The van der Waals surface area contributed by atoms with Crippen molar-refractivity contribution >= 4 is 51.6 Å². The number of piperidine rings is 1. The molecule has 1 unspecified atom stereocenters. The molecular weight excluding hydrogens is 885 g/mol. The van der Waals surface area contributed by atoms with Gasteiger partial charge < -0.3 is 44.1 Å². The fraction of sp³-hybridized carbons (Fsp3) is 0.500. The van der Waals surface area contributed by atoms with E-state index in [9.17, 15) is 24.4 Å². The molecular formula is C50H60N10O9. The van der Waals surface area contributed by atoms with Gasteiger partial charge in [-0.3, -0.25) is 34.3 Å². The number of nitrogens with zero attached hydrogens (tertiary/aromatic N) is 7. The first-order valence-corrected chi connectivity index (χ1v) is 24.0. The summed E-state index contributed by atoms with van der Waals surface area (Å²) in [6, 6.07) is 21.8. The molecule has 19 nitrogen and oxygen atoms in total. The lowest BCUT2D eigenvalue weighted by molar-refractivity contribution is -0.136. The van der Waals surface area contributed by atoms with Gasteiger partial charge in [-0.05, 0) is 49.9 Å². The zero-order valence-electron chi connectivity index (χ0n) is 39.0. The van der Waals surface area contributed by atoms with Gasteiger partial charge in [0.25, 0.3) is 11.8 Å². The third-order valence-electron chi connectivity index (χ3n) is 13.4. The maximum atomic E-state index is 13.3. The maximum Gasteiger partial charge on any atom is 0.318 e. The molecule has 3 fully saturated rings. The summed E-state index contributed by atoms with van der Waals surface area (Å²) in [7, 11) is 2.09. The van der Waals surface area contributed by atoms with Crippen LogP contribution >= 0.6 is 0 Å². The van der Waals surface area contributed by atoms with E-state index in [1.54, 1.807) is 18.2 Å². The quantitative estimate of drug-likeness (QED) is 0.0810. The predicted octanol–water partition coefficient (Wildman–Crippen LogP) is 2.92. The highest BCUT2D eigenvalue weighted by atomic mass is 16.6. The van der Waals surface area contributed by atoms with Crippen LogP contribution in [0.25, 0.3) is 10.8 Å². The Labute approximate surface area is 401 Å². The summed E-state index contributed by atoms with van der Waals surface area (Å²) in [4.78, 5) is 68.4. The average molecular weight is 945 g/mol. The first-order valence-electron chi connectivity index (χ1n) is 24.0. The number of benzene rings is 3. The van der Waals surface area contributed by atoms with Crippen molar-refractivity contribution in [2.45, 2.75) is 62.9 Å². The van der Waals surface area contributed by atoms with Crippen molar-refractivity contribution in [2.75, 3.05) is 114 Å². The Morgan fingerprint density at radius 2 is 1.62 bits per heavy atom. The van der Waals surface area contributed by atoms with Gasteiger partial charge in [0.2, 0.25) is 11.8 Å². The summed E-state index contributed by atoms with van der Waals surface area (Å²) in [6.45, 7) is 8.17. The van der Waals surface area contributed by atoms with Crippen molar-refractivity contribution in [3.05, 3.63) is 83.0 Å². The Morgan fingerprint density at radius 3 is 2.45 bits per heavy atom. The van der Waals surface area contributed by atoms with Gasteiger partial charge in [0.05, 0.1) is 88.2 Å². The second-order valence-corrected chi connectivity index (χ2v) is 18.0. The molecule has 3 saturated heterocycles. The SMILES string of the molecule is CN1C[C@H](OCCOCCOCCOCCNc2cccc3c2C(=O)N(C2CCC(=O)NC2=O)C3=O)C[C@H]1COc1nc2c(c(N3CCN[C@@H](CC#N)C3)n1)CCN(c1cccc3ccccc13)C2. The van der Waals surface area contributed by atoms with Gasteiger partial charge in [0.1, 0.15) is 18.5 Å². The topological polar surface area (TPSA) is 213 Å². The van der Waals surface area contributed by atoms with E-state index >= 15 is 0 Å².